The van der Waals surface area contributed by atoms with E-state index < -0.39 is 0 Å². The second-order valence-corrected chi connectivity index (χ2v) is 17.3. The standard InChI is InChI=1S/C58H44N2O2/c1-35(2)37-19-27-41(28-20-37)59(51-15-9-13-45-43-11-5-7-17-53(43)61-57(45)51)49-33-25-39-24-32-48-50(34-26-40-23-31-47(49)55(39)56(40)48)60(42-29-21-38(22-30-42)36(3)4)52-16-10-14-46-44-12-6-8-18-54(44)62-58(46)52/h5-36H,1-4H3. The van der Waals surface area contributed by atoms with E-state index in [-0.39, 0.29) is 0 Å². The summed E-state index contributed by atoms with van der Waals surface area (Å²) in [6, 6.07) is 66.1. The van der Waals surface area contributed by atoms with Gasteiger partial charge in [-0.05, 0) is 105 Å². The van der Waals surface area contributed by atoms with Crippen molar-refractivity contribution in [2.24, 2.45) is 0 Å². The molecule has 0 fully saturated rings. The Morgan fingerprint density at radius 1 is 0.323 bits per heavy atom. The van der Waals surface area contributed by atoms with Crippen molar-refractivity contribution in [3.8, 4) is 0 Å². The van der Waals surface area contributed by atoms with Gasteiger partial charge in [-0.25, -0.2) is 0 Å². The molecule has 0 saturated carbocycles. The average molecular weight is 801 g/mol. The zero-order chi connectivity index (χ0) is 41.6. The highest BCUT2D eigenvalue weighted by Crippen LogP contribution is 2.50. The van der Waals surface area contributed by atoms with Crippen LogP contribution >= 0.6 is 0 Å². The third-order valence-corrected chi connectivity index (χ3v) is 13.0. The Hall–Kier alpha value is -7.56. The zero-order valence-corrected chi connectivity index (χ0v) is 35.2. The monoisotopic (exact) mass is 800 g/mol. The highest BCUT2D eigenvalue weighted by molar-refractivity contribution is 6.28. The van der Waals surface area contributed by atoms with Crippen LogP contribution in [0, 0.1) is 0 Å². The molecule has 0 amide bonds. The first-order valence-corrected chi connectivity index (χ1v) is 21.7. The van der Waals surface area contributed by atoms with Crippen molar-refractivity contribution >= 4 is 110 Å². The summed E-state index contributed by atoms with van der Waals surface area (Å²) in [5.41, 5.74) is 12.5. The molecule has 10 aromatic carbocycles. The molecule has 2 heterocycles. The molecule has 12 aromatic rings. The fraction of sp³-hybridized carbons (Fsp3) is 0.103. The molecule has 62 heavy (non-hydrogen) atoms. The first-order chi connectivity index (χ1) is 30.4. The van der Waals surface area contributed by atoms with Crippen molar-refractivity contribution < 1.29 is 8.83 Å². The number of hydrogen-bond acceptors (Lipinski definition) is 4. The maximum atomic E-state index is 6.74. The molecule has 0 radical (unpaired) electrons. The van der Waals surface area contributed by atoms with Crippen molar-refractivity contribution in [3.63, 3.8) is 0 Å². The summed E-state index contributed by atoms with van der Waals surface area (Å²) >= 11 is 0. The average Bonchev–Trinajstić information content (AvgIpc) is 3.89. The Labute approximate surface area is 360 Å². The smallest absolute Gasteiger partial charge is 0.159 e. The van der Waals surface area contributed by atoms with E-state index >= 15 is 0 Å². The SMILES string of the molecule is CC(C)c1ccc(N(c2ccc3ccc4c(N(c5ccc(C(C)C)cc5)c5cccc6c5oc5ccccc56)ccc5ccc2c3c54)c2cccc3c2oc2ccccc23)cc1. The van der Waals surface area contributed by atoms with Crippen LogP contribution in [0.2, 0.25) is 0 Å². The van der Waals surface area contributed by atoms with Crippen LogP contribution in [0.1, 0.15) is 50.7 Å². The lowest BCUT2D eigenvalue weighted by molar-refractivity contribution is 0.669. The molecule has 4 nitrogen and oxygen atoms in total. The van der Waals surface area contributed by atoms with Crippen LogP contribution in [-0.4, -0.2) is 0 Å². The molecule has 2 aromatic heterocycles. The molecular weight excluding hydrogens is 757 g/mol. The molecule has 0 aliphatic heterocycles. The predicted octanol–water partition coefficient (Wildman–Crippen LogP) is 17.6. The normalized spacial score (nSPS) is 12.2. The highest BCUT2D eigenvalue weighted by atomic mass is 16.3. The van der Waals surface area contributed by atoms with Gasteiger partial charge in [-0.2, -0.15) is 0 Å². The predicted molar refractivity (Wildman–Crippen MR) is 262 cm³/mol. The van der Waals surface area contributed by atoms with Gasteiger partial charge in [-0.1, -0.05) is 149 Å². The maximum Gasteiger partial charge on any atom is 0.159 e. The molecule has 0 atom stereocenters. The van der Waals surface area contributed by atoms with Gasteiger partial charge in [-0.3, -0.25) is 0 Å². The largest absolute Gasteiger partial charge is 0.454 e. The minimum atomic E-state index is 0.423. The molecule has 0 spiro atoms. The Balaban J connectivity index is 1.12. The fourth-order valence-corrected chi connectivity index (χ4v) is 9.81. The van der Waals surface area contributed by atoms with Gasteiger partial charge in [0.1, 0.15) is 11.2 Å². The molecule has 0 bridgehead atoms. The zero-order valence-electron chi connectivity index (χ0n) is 35.2. The van der Waals surface area contributed by atoms with E-state index in [0.717, 1.165) is 78.0 Å². The van der Waals surface area contributed by atoms with Crippen molar-refractivity contribution in [2.45, 2.75) is 39.5 Å². The lowest BCUT2D eigenvalue weighted by Gasteiger charge is -2.29. The van der Waals surface area contributed by atoms with Gasteiger partial charge < -0.3 is 18.6 Å². The van der Waals surface area contributed by atoms with E-state index in [9.17, 15) is 0 Å². The van der Waals surface area contributed by atoms with Crippen molar-refractivity contribution in [1.82, 2.24) is 0 Å². The van der Waals surface area contributed by atoms with E-state index in [1.54, 1.807) is 0 Å². The number of para-hydroxylation sites is 4. The van der Waals surface area contributed by atoms with E-state index in [1.165, 1.54) is 43.4 Å². The van der Waals surface area contributed by atoms with E-state index in [2.05, 4.69) is 207 Å². The first-order valence-electron chi connectivity index (χ1n) is 21.7. The summed E-state index contributed by atoms with van der Waals surface area (Å²) < 4.78 is 13.5. The number of fused-ring (bicyclic) bond motifs is 6. The van der Waals surface area contributed by atoms with Crippen LogP contribution < -0.4 is 9.80 Å². The van der Waals surface area contributed by atoms with E-state index in [1.807, 2.05) is 12.1 Å². The summed E-state index contributed by atoms with van der Waals surface area (Å²) in [6.45, 7) is 8.98. The van der Waals surface area contributed by atoms with Gasteiger partial charge in [-0.15, -0.1) is 0 Å². The second kappa shape index (κ2) is 14.0. The topological polar surface area (TPSA) is 32.8 Å². The number of nitrogens with zero attached hydrogens (tertiary/aromatic N) is 2. The third-order valence-electron chi connectivity index (χ3n) is 13.0. The van der Waals surface area contributed by atoms with Crippen LogP contribution in [0.4, 0.5) is 34.1 Å². The van der Waals surface area contributed by atoms with Crippen molar-refractivity contribution in [2.75, 3.05) is 9.80 Å². The van der Waals surface area contributed by atoms with Crippen LogP contribution in [0.3, 0.4) is 0 Å². The van der Waals surface area contributed by atoms with Crippen LogP contribution in [-0.2, 0) is 0 Å². The minimum absolute atomic E-state index is 0.423. The summed E-state index contributed by atoms with van der Waals surface area (Å²) in [5, 5.41) is 11.6. The summed E-state index contributed by atoms with van der Waals surface area (Å²) in [5.74, 6) is 0.846. The number of rotatable bonds is 8. The molecular formula is C58H44N2O2. The Bertz CT molecular complexity index is 3400. The number of benzene rings is 10. The van der Waals surface area contributed by atoms with E-state index in [0.29, 0.717) is 11.8 Å². The summed E-state index contributed by atoms with van der Waals surface area (Å²) in [7, 11) is 0. The molecule has 0 aliphatic carbocycles. The van der Waals surface area contributed by atoms with Gasteiger partial charge >= 0.3 is 0 Å². The Morgan fingerprint density at radius 3 is 1.13 bits per heavy atom. The third kappa shape index (κ3) is 5.53. The molecule has 4 heteroatoms. The van der Waals surface area contributed by atoms with E-state index in [4.69, 9.17) is 8.83 Å². The summed E-state index contributed by atoms with van der Waals surface area (Å²) in [6.07, 6.45) is 0. The Morgan fingerprint density at radius 2 is 0.710 bits per heavy atom. The van der Waals surface area contributed by atoms with Crippen molar-refractivity contribution in [1.29, 1.82) is 0 Å². The molecule has 0 unspecified atom stereocenters. The quantitative estimate of drug-likeness (QED) is 0.143. The van der Waals surface area contributed by atoms with Crippen molar-refractivity contribution in [3.05, 3.63) is 193 Å². The Kier molecular flexibility index (Phi) is 8.20. The first kappa shape index (κ1) is 36.3. The lowest BCUT2D eigenvalue weighted by Crippen LogP contribution is -2.12. The fourth-order valence-electron chi connectivity index (χ4n) is 9.81. The van der Waals surface area contributed by atoms with Crippen LogP contribution in [0.25, 0.3) is 76.2 Å². The molecule has 12 rings (SSSR count). The number of anilines is 6. The lowest BCUT2D eigenvalue weighted by atomic mass is 9.91. The summed E-state index contributed by atoms with van der Waals surface area (Å²) in [4.78, 5) is 4.79. The van der Waals surface area contributed by atoms with Crippen LogP contribution in [0.15, 0.2) is 191 Å². The second-order valence-electron chi connectivity index (χ2n) is 17.3. The molecule has 298 valence electrons. The van der Waals surface area contributed by atoms with Gasteiger partial charge in [0, 0.05) is 43.7 Å². The van der Waals surface area contributed by atoms with Crippen LogP contribution in [0.5, 0.6) is 0 Å². The molecule has 0 saturated heterocycles. The number of furan rings is 2. The van der Waals surface area contributed by atoms with Gasteiger partial charge in [0.05, 0.1) is 22.7 Å². The van der Waals surface area contributed by atoms with Gasteiger partial charge in [0.25, 0.3) is 0 Å². The minimum Gasteiger partial charge on any atom is -0.454 e. The number of hydrogen-bond donors (Lipinski definition) is 0. The van der Waals surface area contributed by atoms with Gasteiger partial charge in [0.2, 0.25) is 0 Å². The molecule has 0 aliphatic rings. The molecule has 0 N–H and O–H groups in total. The maximum absolute atomic E-state index is 6.74. The highest BCUT2D eigenvalue weighted by Gasteiger charge is 2.25. The van der Waals surface area contributed by atoms with Gasteiger partial charge in [0.15, 0.2) is 11.2 Å².